The highest BCUT2D eigenvalue weighted by Gasteiger charge is 2.34. The van der Waals surface area contributed by atoms with Gasteiger partial charge in [-0.2, -0.15) is 18.3 Å². The Morgan fingerprint density at radius 1 is 1.40 bits per heavy atom. The largest absolute Gasteiger partial charge is 0.477 e. The van der Waals surface area contributed by atoms with Crippen molar-refractivity contribution in [1.29, 1.82) is 0 Å². The number of carboxylic acids is 1. The molecule has 0 saturated heterocycles. The van der Waals surface area contributed by atoms with Crippen LogP contribution in [0, 0.1) is 6.92 Å². The van der Waals surface area contributed by atoms with E-state index >= 15 is 0 Å². The van der Waals surface area contributed by atoms with Crippen molar-refractivity contribution in [3.63, 3.8) is 0 Å². The molecule has 0 aliphatic heterocycles. The third-order valence-corrected chi connectivity index (χ3v) is 4.31. The number of carbonyl (C=O) groups is 1. The average Bonchev–Trinajstić information content (AvgIpc) is 3.19. The number of carboxylic acid groups (broad SMARTS) is 1. The van der Waals surface area contributed by atoms with Crippen LogP contribution in [0.4, 0.5) is 13.2 Å². The maximum atomic E-state index is 12.5. The molecular weight excluding hydrogens is 365 g/mol. The maximum absolute atomic E-state index is 12.5. The van der Waals surface area contributed by atoms with Gasteiger partial charge in [0.2, 0.25) is 5.76 Å². The zero-order valence-electron chi connectivity index (χ0n) is 12.4. The molecule has 12 heteroatoms. The van der Waals surface area contributed by atoms with Gasteiger partial charge < -0.3 is 9.52 Å². The Morgan fingerprint density at radius 3 is 2.68 bits per heavy atom. The molecule has 25 heavy (non-hydrogen) atoms. The number of aryl methyl sites for hydroxylation is 1. The molecule has 3 heterocycles. The molecule has 0 fully saturated rings. The molecule has 0 aromatic carbocycles. The molecule has 0 saturated carbocycles. The molecule has 3 aromatic heterocycles. The first-order valence-corrected chi connectivity index (χ1v) is 7.50. The first kappa shape index (κ1) is 17.0. The normalized spacial score (nSPS) is 11.8. The predicted octanol–water partition coefficient (Wildman–Crippen LogP) is 2.16. The lowest BCUT2D eigenvalue weighted by molar-refractivity contribution is -0.153. The fourth-order valence-corrected chi connectivity index (χ4v) is 2.89. The standard InChI is InChI=1S/C13H9F3N4O4S/c1-6-9(10(21)22)25-11(18-6)19-5-17-20(12(19)23)4-7-2-3-8(24-7)13(14,15)16/h2-3,5H,4H2,1H3,(H,21,22). The number of alkyl halides is 3. The van der Waals surface area contributed by atoms with Crippen LogP contribution in [0.25, 0.3) is 5.13 Å². The summed E-state index contributed by atoms with van der Waals surface area (Å²) in [7, 11) is 0. The minimum atomic E-state index is -4.62. The van der Waals surface area contributed by atoms with Gasteiger partial charge in [-0.25, -0.2) is 23.8 Å². The second-order valence-corrected chi connectivity index (χ2v) is 5.90. The first-order valence-electron chi connectivity index (χ1n) is 6.68. The Morgan fingerprint density at radius 2 is 2.12 bits per heavy atom. The molecule has 1 N–H and O–H groups in total. The van der Waals surface area contributed by atoms with Crippen LogP contribution < -0.4 is 5.69 Å². The summed E-state index contributed by atoms with van der Waals surface area (Å²) in [5, 5.41) is 12.9. The van der Waals surface area contributed by atoms with Crippen LogP contribution in [0.1, 0.15) is 26.9 Å². The number of furan rings is 1. The van der Waals surface area contributed by atoms with E-state index < -0.39 is 23.6 Å². The van der Waals surface area contributed by atoms with Crippen LogP contribution >= 0.6 is 11.3 Å². The molecule has 3 aromatic rings. The van der Waals surface area contributed by atoms with Crippen LogP contribution in [-0.4, -0.2) is 30.4 Å². The summed E-state index contributed by atoms with van der Waals surface area (Å²) in [6.45, 7) is 1.18. The van der Waals surface area contributed by atoms with Gasteiger partial charge in [0.15, 0.2) is 5.13 Å². The van der Waals surface area contributed by atoms with E-state index in [0.717, 1.165) is 39.0 Å². The van der Waals surface area contributed by atoms with Crippen LogP contribution in [0.3, 0.4) is 0 Å². The Labute approximate surface area is 140 Å². The van der Waals surface area contributed by atoms with Crippen molar-refractivity contribution in [3.8, 4) is 5.13 Å². The molecule has 3 rings (SSSR count). The fourth-order valence-electron chi connectivity index (χ4n) is 2.02. The summed E-state index contributed by atoms with van der Waals surface area (Å²) in [5.74, 6) is -2.44. The molecule has 0 unspecified atom stereocenters. The van der Waals surface area contributed by atoms with E-state index in [1.165, 1.54) is 6.92 Å². The number of hydrogen-bond acceptors (Lipinski definition) is 6. The van der Waals surface area contributed by atoms with E-state index in [1.807, 2.05) is 0 Å². The highest BCUT2D eigenvalue weighted by Crippen LogP contribution is 2.30. The van der Waals surface area contributed by atoms with Gasteiger partial charge in [0, 0.05) is 0 Å². The SMILES string of the molecule is Cc1nc(-n2cnn(Cc3ccc(C(F)(F)F)o3)c2=O)sc1C(=O)O. The van der Waals surface area contributed by atoms with Gasteiger partial charge in [-0.1, -0.05) is 11.3 Å². The highest BCUT2D eigenvalue weighted by molar-refractivity contribution is 7.16. The minimum Gasteiger partial charge on any atom is -0.477 e. The molecule has 0 aliphatic rings. The van der Waals surface area contributed by atoms with Gasteiger partial charge in [-0.3, -0.25) is 0 Å². The average molecular weight is 374 g/mol. The van der Waals surface area contributed by atoms with E-state index in [-0.39, 0.29) is 28.0 Å². The number of hydrogen-bond donors (Lipinski definition) is 1. The Kier molecular flexibility index (Phi) is 3.99. The number of rotatable bonds is 4. The van der Waals surface area contributed by atoms with E-state index in [9.17, 15) is 22.8 Å². The molecule has 0 spiro atoms. The summed E-state index contributed by atoms with van der Waals surface area (Å²) in [6, 6.07) is 1.87. The van der Waals surface area contributed by atoms with Crippen molar-refractivity contribution in [2.75, 3.05) is 0 Å². The number of aromatic carboxylic acids is 1. The van der Waals surface area contributed by atoms with Crippen molar-refractivity contribution < 1.29 is 27.5 Å². The van der Waals surface area contributed by atoms with Crippen LogP contribution in [-0.2, 0) is 12.7 Å². The maximum Gasteiger partial charge on any atom is 0.449 e. The summed E-state index contributed by atoms with van der Waals surface area (Å²) in [4.78, 5) is 27.3. The molecule has 0 atom stereocenters. The molecule has 132 valence electrons. The highest BCUT2D eigenvalue weighted by atomic mass is 32.1. The Bertz CT molecular complexity index is 998. The quantitative estimate of drug-likeness (QED) is 0.751. The van der Waals surface area contributed by atoms with Gasteiger partial charge in [0.05, 0.1) is 5.69 Å². The second-order valence-electron chi connectivity index (χ2n) is 4.92. The zero-order valence-corrected chi connectivity index (χ0v) is 13.3. The second kappa shape index (κ2) is 5.88. The molecule has 0 bridgehead atoms. The third-order valence-electron chi connectivity index (χ3n) is 3.17. The van der Waals surface area contributed by atoms with Crippen LogP contribution in [0.2, 0.25) is 0 Å². The molecule has 0 amide bonds. The zero-order chi connectivity index (χ0) is 18.4. The number of nitrogens with zero attached hydrogens (tertiary/aromatic N) is 4. The van der Waals surface area contributed by atoms with Gasteiger partial charge in [0.1, 0.15) is 23.5 Å². The first-order chi connectivity index (χ1) is 11.7. The van der Waals surface area contributed by atoms with Gasteiger partial charge in [-0.15, -0.1) is 0 Å². The van der Waals surface area contributed by atoms with E-state index in [1.54, 1.807) is 0 Å². The van der Waals surface area contributed by atoms with E-state index in [4.69, 9.17) is 5.11 Å². The Balaban J connectivity index is 1.89. The third kappa shape index (κ3) is 3.20. The van der Waals surface area contributed by atoms with E-state index in [2.05, 4.69) is 14.5 Å². The monoisotopic (exact) mass is 374 g/mol. The summed E-state index contributed by atoms with van der Waals surface area (Å²) in [5.41, 5.74) is -0.441. The van der Waals surface area contributed by atoms with Gasteiger partial charge in [-0.05, 0) is 19.1 Å². The summed E-state index contributed by atoms with van der Waals surface area (Å²) >= 11 is 0.789. The number of aromatic nitrogens is 4. The topological polar surface area (TPSA) is 103 Å². The van der Waals surface area contributed by atoms with Gasteiger partial charge in [0.25, 0.3) is 0 Å². The lowest BCUT2D eigenvalue weighted by atomic mass is 10.4. The number of halogens is 3. The molecule has 0 aliphatic carbocycles. The minimum absolute atomic E-state index is 0.0181. The molecular formula is C13H9F3N4O4S. The Hall–Kier alpha value is -2.89. The van der Waals surface area contributed by atoms with Crippen LogP contribution in [0.15, 0.2) is 27.7 Å². The summed E-state index contributed by atoms with van der Waals surface area (Å²) < 4.78 is 44.1. The smallest absolute Gasteiger partial charge is 0.449 e. The van der Waals surface area contributed by atoms with Crippen LogP contribution in [0.5, 0.6) is 0 Å². The van der Waals surface area contributed by atoms with Crippen molar-refractivity contribution in [3.05, 3.63) is 51.0 Å². The van der Waals surface area contributed by atoms with Crippen molar-refractivity contribution in [2.24, 2.45) is 0 Å². The fraction of sp³-hybridized carbons (Fsp3) is 0.231. The van der Waals surface area contributed by atoms with E-state index in [0.29, 0.717) is 0 Å². The van der Waals surface area contributed by atoms with Crippen molar-refractivity contribution >= 4 is 17.3 Å². The number of thiazole rings is 1. The van der Waals surface area contributed by atoms with Crippen molar-refractivity contribution in [1.82, 2.24) is 19.3 Å². The molecule has 8 nitrogen and oxygen atoms in total. The predicted molar refractivity (Wildman–Crippen MR) is 78.0 cm³/mol. The van der Waals surface area contributed by atoms with Gasteiger partial charge >= 0.3 is 17.8 Å². The van der Waals surface area contributed by atoms with Crippen molar-refractivity contribution in [2.45, 2.75) is 19.6 Å². The lowest BCUT2D eigenvalue weighted by Crippen LogP contribution is -2.24. The lowest BCUT2D eigenvalue weighted by Gasteiger charge is -2.01. The summed E-state index contributed by atoms with van der Waals surface area (Å²) in [6.07, 6.45) is -3.51. The molecule has 0 radical (unpaired) electrons.